The van der Waals surface area contributed by atoms with E-state index in [1.165, 1.54) is 54.4 Å². The molecule has 0 radical (unpaired) electrons. The lowest BCUT2D eigenvalue weighted by atomic mass is 10.2. The van der Waals surface area contributed by atoms with Gasteiger partial charge in [-0.05, 0) is 30.3 Å². The Morgan fingerprint density at radius 2 is 1.78 bits per heavy atom. The highest BCUT2D eigenvalue weighted by atomic mass is 32.2. The van der Waals surface area contributed by atoms with Crippen molar-refractivity contribution in [3.05, 3.63) is 54.6 Å². The Balaban J connectivity index is 2.21. The van der Waals surface area contributed by atoms with Gasteiger partial charge in [0.1, 0.15) is 5.75 Å². The Morgan fingerprint density at radius 1 is 1.11 bits per heavy atom. The maximum atomic E-state index is 13.2. The van der Waals surface area contributed by atoms with Crippen LogP contribution in [0.3, 0.4) is 0 Å². The monoisotopic (exact) mass is 397 g/mol. The number of nitrogens with zero attached hydrogens (tertiary/aromatic N) is 3. The number of halogens is 3. The van der Waals surface area contributed by atoms with E-state index in [-0.39, 0.29) is 16.3 Å². The number of alkyl halides is 3. The van der Waals surface area contributed by atoms with Crippen LogP contribution in [0.25, 0.3) is 17.1 Å². The largest absolute Gasteiger partial charge is 0.496 e. The van der Waals surface area contributed by atoms with Crippen molar-refractivity contribution >= 4 is 9.84 Å². The highest BCUT2D eigenvalue weighted by Crippen LogP contribution is 2.35. The zero-order valence-electron chi connectivity index (χ0n) is 14.2. The quantitative estimate of drug-likeness (QED) is 0.675. The highest BCUT2D eigenvalue weighted by molar-refractivity contribution is 7.90. The topological polar surface area (TPSA) is 74.1 Å². The van der Waals surface area contributed by atoms with Gasteiger partial charge < -0.3 is 4.74 Å². The third-order valence-corrected chi connectivity index (χ3v) is 4.91. The van der Waals surface area contributed by atoms with Crippen molar-refractivity contribution in [2.45, 2.75) is 11.1 Å². The summed E-state index contributed by atoms with van der Waals surface area (Å²) >= 11 is 0. The molecule has 0 saturated carbocycles. The molecule has 2 aromatic heterocycles. The third-order valence-electron chi connectivity index (χ3n) is 3.78. The normalized spacial score (nSPS) is 12.2. The molecule has 3 aromatic rings. The summed E-state index contributed by atoms with van der Waals surface area (Å²) in [5, 5.41) is 0. The van der Waals surface area contributed by atoms with Gasteiger partial charge in [-0.3, -0.25) is 9.55 Å². The lowest BCUT2D eigenvalue weighted by Crippen LogP contribution is -2.05. The third kappa shape index (κ3) is 3.80. The summed E-state index contributed by atoms with van der Waals surface area (Å²) in [5.41, 5.74) is -0.510. The number of pyridine rings is 1. The van der Waals surface area contributed by atoms with Crippen molar-refractivity contribution in [3.63, 3.8) is 0 Å². The lowest BCUT2D eigenvalue weighted by molar-refractivity contribution is -0.140. The van der Waals surface area contributed by atoms with Gasteiger partial charge in [0.25, 0.3) is 0 Å². The van der Waals surface area contributed by atoms with Gasteiger partial charge in [0.15, 0.2) is 21.4 Å². The minimum atomic E-state index is -4.65. The Bertz CT molecular complexity index is 1070. The Hall–Kier alpha value is -2.88. The summed E-state index contributed by atoms with van der Waals surface area (Å²) in [6, 6.07) is 6.97. The molecule has 0 bridgehead atoms. The second kappa shape index (κ2) is 6.69. The molecule has 3 rings (SSSR count). The molecular formula is C17H14F3N3O3S. The average molecular weight is 397 g/mol. The maximum absolute atomic E-state index is 13.2. The Labute approximate surface area is 153 Å². The van der Waals surface area contributed by atoms with E-state index in [1.807, 2.05) is 0 Å². The number of benzene rings is 1. The molecule has 6 nitrogen and oxygen atoms in total. The van der Waals surface area contributed by atoms with Crippen LogP contribution in [0.1, 0.15) is 5.69 Å². The number of aromatic nitrogens is 3. The first-order chi connectivity index (χ1) is 12.6. The molecule has 0 N–H and O–H groups in total. The summed E-state index contributed by atoms with van der Waals surface area (Å²) in [7, 11) is -2.04. The first-order valence-electron chi connectivity index (χ1n) is 7.56. The van der Waals surface area contributed by atoms with Crippen molar-refractivity contribution < 1.29 is 26.3 Å². The van der Waals surface area contributed by atoms with E-state index in [1.54, 1.807) is 0 Å². The lowest BCUT2D eigenvalue weighted by Gasteiger charge is -2.11. The van der Waals surface area contributed by atoms with Gasteiger partial charge in [-0.1, -0.05) is 0 Å². The van der Waals surface area contributed by atoms with Crippen LogP contribution in [0.4, 0.5) is 13.2 Å². The number of hydrogen-bond acceptors (Lipinski definition) is 5. The van der Waals surface area contributed by atoms with Gasteiger partial charge in [0.05, 0.1) is 17.6 Å². The first kappa shape index (κ1) is 18.9. The van der Waals surface area contributed by atoms with Crippen molar-refractivity contribution in [2.75, 3.05) is 13.4 Å². The van der Waals surface area contributed by atoms with Crippen LogP contribution < -0.4 is 4.74 Å². The molecule has 0 amide bonds. The van der Waals surface area contributed by atoms with E-state index in [2.05, 4.69) is 9.97 Å². The van der Waals surface area contributed by atoms with Gasteiger partial charge in [-0.2, -0.15) is 13.2 Å². The van der Waals surface area contributed by atoms with E-state index in [4.69, 9.17) is 4.74 Å². The summed E-state index contributed by atoms with van der Waals surface area (Å²) < 4.78 is 69.2. The molecule has 142 valence electrons. The molecule has 0 aliphatic carbocycles. The molecule has 0 aliphatic heterocycles. The van der Waals surface area contributed by atoms with Crippen LogP contribution in [-0.2, 0) is 16.0 Å². The molecule has 27 heavy (non-hydrogen) atoms. The van der Waals surface area contributed by atoms with E-state index >= 15 is 0 Å². The van der Waals surface area contributed by atoms with E-state index < -0.39 is 21.7 Å². The van der Waals surface area contributed by atoms with Gasteiger partial charge in [-0.15, -0.1) is 0 Å². The van der Waals surface area contributed by atoms with Crippen LogP contribution in [0, 0.1) is 0 Å². The van der Waals surface area contributed by atoms with Crippen molar-refractivity contribution in [1.29, 1.82) is 0 Å². The standard InChI is InChI=1S/C17H14F3N3O3S/c1-26-14-7-8-21-9-13(14)16-22-15(17(18,19)20)10-23(16)11-3-5-12(6-4-11)27(2,24)25/h3-10H,1-2H3. The van der Waals surface area contributed by atoms with Gasteiger partial charge >= 0.3 is 6.18 Å². The molecular weight excluding hydrogens is 383 g/mol. The second-order valence-electron chi connectivity index (χ2n) is 5.66. The summed E-state index contributed by atoms with van der Waals surface area (Å²) in [6.45, 7) is 0. The fourth-order valence-corrected chi connectivity index (χ4v) is 3.12. The van der Waals surface area contributed by atoms with Crippen molar-refractivity contribution in [2.24, 2.45) is 0 Å². The summed E-state index contributed by atoms with van der Waals surface area (Å²) in [5.74, 6) is 0.276. The molecule has 0 spiro atoms. The van der Waals surface area contributed by atoms with Gasteiger partial charge in [0.2, 0.25) is 0 Å². The molecule has 0 unspecified atom stereocenters. The zero-order chi connectivity index (χ0) is 19.8. The molecule has 0 saturated heterocycles. The zero-order valence-corrected chi connectivity index (χ0v) is 15.0. The minimum absolute atomic E-state index is 0.0284. The van der Waals surface area contributed by atoms with Crippen LogP contribution in [-0.4, -0.2) is 36.3 Å². The Kier molecular flexibility index (Phi) is 4.68. The SMILES string of the molecule is COc1ccncc1-c1nc(C(F)(F)F)cn1-c1ccc(S(C)(=O)=O)cc1. The minimum Gasteiger partial charge on any atom is -0.496 e. The molecule has 0 aliphatic rings. The second-order valence-corrected chi connectivity index (χ2v) is 7.68. The number of imidazole rings is 1. The van der Waals surface area contributed by atoms with E-state index in [0.717, 1.165) is 12.5 Å². The van der Waals surface area contributed by atoms with Crippen LogP contribution in [0.15, 0.2) is 53.8 Å². The van der Waals surface area contributed by atoms with E-state index in [0.29, 0.717) is 11.4 Å². The van der Waals surface area contributed by atoms with Gasteiger partial charge in [0, 0.05) is 30.5 Å². The molecule has 0 atom stereocenters. The van der Waals surface area contributed by atoms with Crippen LogP contribution in [0.2, 0.25) is 0 Å². The predicted octanol–water partition coefficient (Wildman–Crippen LogP) is 3.37. The number of methoxy groups -OCH3 is 1. The summed E-state index contributed by atoms with van der Waals surface area (Å²) in [6.07, 6.45) is 0.0379. The number of sulfone groups is 1. The van der Waals surface area contributed by atoms with E-state index in [9.17, 15) is 21.6 Å². The molecule has 0 fully saturated rings. The van der Waals surface area contributed by atoms with Gasteiger partial charge in [-0.25, -0.2) is 13.4 Å². The summed E-state index contributed by atoms with van der Waals surface area (Å²) in [4.78, 5) is 7.69. The predicted molar refractivity (Wildman–Crippen MR) is 91.5 cm³/mol. The number of hydrogen-bond donors (Lipinski definition) is 0. The molecule has 1 aromatic carbocycles. The smallest absolute Gasteiger partial charge is 0.434 e. The molecule has 10 heteroatoms. The van der Waals surface area contributed by atoms with Crippen molar-refractivity contribution in [1.82, 2.24) is 14.5 Å². The van der Waals surface area contributed by atoms with Crippen LogP contribution in [0.5, 0.6) is 5.75 Å². The fourth-order valence-electron chi connectivity index (χ4n) is 2.49. The fraction of sp³-hybridized carbons (Fsp3) is 0.176. The average Bonchev–Trinajstić information content (AvgIpc) is 3.06. The van der Waals surface area contributed by atoms with Crippen LogP contribution >= 0.6 is 0 Å². The molecule has 2 heterocycles. The number of ether oxygens (including phenoxy) is 1. The number of rotatable bonds is 4. The first-order valence-corrected chi connectivity index (χ1v) is 9.46. The van der Waals surface area contributed by atoms with Crippen molar-refractivity contribution in [3.8, 4) is 22.8 Å². The Morgan fingerprint density at radius 3 is 2.33 bits per heavy atom. The maximum Gasteiger partial charge on any atom is 0.434 e. The highest BCUT2D eigenvalue weighted by Gasteiger charge is 2.35.